The second-order valence-electron chi connectivity index (χ2n) is 5.57. The second-order valence-corrected chi connectivity index (χ2v) is 6.30. The van der Waals surface area contributed by atoms with Crippen molar-refractivity contribution in [2.24, 2.45) is 0 Å². The van der Waals surface area contributed by atoms with Crippen LogP contribution in [0, 0.1) is 15.9 Å². The highest BCUT2D eigenvalue weighted by molar-refractivity contribution is 7.09. The third-order valence-electron chi connectivity index (χ3n) is 4.02. The first-order valence-corrected chi connectivity index (χ1v) is 8.62. The Hall–Kier alpha value is -2.29. The molecule has 0 bridgehead atoms. The van der Waals surface area contributed by atoms with Crippen molar-refractivity contribution in [3.8, 4) is 0 Å². The molecule has 9 heteroatoms. The molecule has 3 rings (SSSR count). The number of benzene rings is 1. The molecule has 1 aliphatic rings. The Balaban J connectivity index is 1.72. The van der Waals surface area contributed by atoms with E-state index in [9.17, 15) is 14.5 Å². The lowest BCUT2D eigenvalue weighted by Crippen LogP contribution is -2.31. The van der Waals surface area contributed by atoms with E-state index in [2.05, 4.69) is 14.3 Å². The molecule has 1 fully saturated rings. The Morgan fingerprint density at radius 2 is 2.04 bits per heavy atom. The molecule has 2 heterocycles. The summed E-state index contributed by atoms with van der Waals surface area (Å²) in [4.78, 5) is 18.7. The molecule has 0 N–H and O–H groups in total. The Kier molecular flexibility index (Phi) is 4.89. The van der Waals surface area contributed by atoms with E-state index in [1.165, 1.54) is 23.7 Å². The van der Waals surface area contributed by atoms with Crippen LogP contribution >= 0.6 is 11.5 Å². The van der Waals surface area contributed by atoms with Gasteiger partial charge in [0.25, 0.3) is 5.69 Å². The summed E-state index contributed by atoms with van der Waals surface area (Å²) in [6, 6.07) is 3.82. The summed E-state index contributed by atoms with van der Waals surface area (Å²) in [5.74, 6) is 0.291. The van der Waals surface area contributed by atoms with Crippen molar-refractivity contribution in [1.82, 2.24) is 9.36 Å². The lowest BCUT2D eigenvalue weighted by Gasteiger charge is -2.23. The number of aromatic nitrogens is 2. The number of hydrogen-bond donors (Lipinski definition) is 0. The smallest absolute Gasteiger partial charge is 0.272 e. The molecular formula is C15H18FN5O2S. The van der Waals surface area contributed by atoms with Gasteiger partial charge in [0.2, 0.25) is 5.13 Å². The first kappa shape index (κ1) is 16.6. The quantitative estimate of drug-likeness (QED) is 0.623. The summed E-state index contributed by atoms with van der Waals surface area (Å²) in [7, 11) is 0. The van der Waals surface area contributed by atoms with E-state index in [0.29, 0.717) is 18.8 Å². The molecule has 1 aliphatic heterocycles. The summed E-state index contributed by atoms with van der Waals surface area (Å²) in [6.45, 7) is 4.91. The highest BCUT2D eigenvalue weighted by Gasteiger charge is 2.21. The molecule has 0 radical (unpaired) electrons. The number of anilines is 2. The second kappa shape index (κ2) is 7.08. The lowest BCUT2D eigenvalue weighted by atomic mass is 10.2. The van der Waals surface area contributed by atoms with E-state index in [-0.39, 0.29) is 5.69 Å². The lowest BCUT2D eigenvalue weighted by molar-refractivity contribution is -0.385. The molecule has 24 heavy (non-hydrogen) atoms. The molecular weight excluding hydrogens is 333 g/mol. The molecule has 0 spiro atoms. The van der Waals surface area contributed by atoms with Crippen LogP contribution in [-0.4, -0.2) is 40.5 Å². The molecule has 7 nitrogen and oxygen atoms in total. The van der Waals surface area contributed by atoms with Crippen molar-refractivity contribution in [2.75, 3.05) is 36.0 Å². The van der Waals surface area contributed by atoms with Crippen LogP contribution in [0.25, 0.3) is 0 Å². The van der Waals surface area contributed by atoms with Crippen LogP contribution in [0.15, 0.2) is 18.2 Å². The van der Waals surface area contributed by atoms with Crippen LogP contribution in [0.3, 0.4) is 0 Å². The minimum atomic E-state index is -0.586. The molecule has 1 aromatic heterocycles. The van der Waals surface area contributed by atoms with Crippen molar-refractivity contribution < 1.29 is 9.31 Å². The van der Waals surface area contributed by atoms with Crippen LogP contribution in [0.5, 0.6) is 0 Å². The van der Waals surface area contributed by atoms with Crippen molar-refractivity contribution in [3.63, 3.8) is 0 Å². The zero-order valence-electron chi connectivity index (χ0n) is 13.3. The Labute approximate surface area is 143 Å². The number of nitro benzene ring substituents is 1. The van der Waals surface area contributed by atoms with E-state index in [1.807, 2.05) is 11.8 Å². The number of nitrogens with zero attached hydrogens (tertiary/aromatic N) is 5. The maximum atomic E-state index is 14.2. The molecule has 0 amide bonds. The highest BCUT2D eigenvalue weighted by Crippen LogP contribution is 2.26. The van der Waals surface area contributed by atoms with Gasteiger partial charge >= 0.3 is 0 Å². The minimum Gasteiger partial charge on any atom is -0.367 e. The van der Waals surface area contributed by atoms with Gasteiger partial charge in [0.05, 0.1) is 16.7 Å². The summed E-state index contributed by atoms with van der Waals surface area (Å²) in [6.07, 6.45) is 1.67. The molecule has 0 atom stereocenters. The SMILES string of the molecule is CCc1nsc(N2CCCN(c3ccc([N+](=O)[O-])cc3F)CC2)n1. The van der Waals surface area contributed by atoms with Gasteiger partial charge < -0.3 is 9.80 Å². The number of non-ortho nitro benzene ring substituents is 1. The molecule has 0 unspecified atom stereocenters. The minimum absolute atomic E-state index is 0.228. The summed E-state index contributed by atoms with van der Waals surface area (Å²) in [5.41, 5.74) is 0.183. The molecule has 2 aromatic rings. The molecule has 1 aromatic carbocycles. The number of nitro groups is 1. The first-order valence-electron chi connectivity index (χ1n) is 7.85. The molecule has 0 aliphatic carbocycles. The molecule has 0 saturated carbocycles. The number of halogens is 1. The predicted molar refractivity (Wildman–Crippen MR) is 91.4 cm³/mol. The maximum absolute atomic E-state index is 14.2. The van der Waals surface area contributed by atoms with Gasteiger partial charge in [-0.15, -0.1) is 0 Å². The third kappa shape index (κ3) is 3.45. The van der Waals surface area contributed by atoms with Crippen LogP contribution in [0.2, 0.25) is 0 Å². The number of aryl methyl sites for hydroxylation is 1. The zero-order valence-corrected chi connectivity index (χ0v) is 14.1. The molecule has 128 valence electrons. The van der Waals surface area contributed by atoms with Crippen molar-refractivity contribution in [1.29, 1.82) is 0 Å². The monoisotopic (exact) mass is 351 g/mol. The Morgan fingerprint density at radius 3 is 2.71 bits per heavy atom. The van der Waals surface area contributed by atoms with E-state index >= 15 is 0 Å². The van der Waals surface area contributed by atoms with Crippen LogP contribution < -0.4 is 9.80 Å². The van der Waals surface area contributed by atoms with Gasteiger partial charge in [-0.2, -0.15) is 4.37 Å². The van der Waals surface area contributed by atoms with Gasteiger partial charge in [-0.25, -0.2) is 9.37 Å². The van der Waals surface area contributed by atoms with E-state index < -0.39 is 10.7 Å². The average molecular weight is 351 g/mol. The molecule has 1 saturated heterocycles. The summed E-state index contributed by atoms with van der Waals surface area (Å²) < 4.78 is 18.5. The zero-order chi connectivity index (χ0) is 17.1. The Morgan fingerprint density at radius 1 is 1.29 bits per heavy atom. The topological polar surface area (TPSA) is 75.4 Å². The summed E-state index contributed by atoms with van der Waals surface area (Å²) in [5, 5.41) is 11.6. The first-order chi connectivity index (χ1) is 11.6. The predicted octanol–water partition coefficient (Wildman–Crippen LogP) is 2.86. The normalized spacial score (nSPS) is 15.4. The van der Waals surface area contributed by atoms with E-state index in [0.717, 1.165) is 43.0 Å². The Bertz CT molecular complexity index is 738. The van der Waals surface area contributed by atoms with Crippen molar-refractivity contribution in [3.05, 3.63) is 40.0 Å². The van der Waals surface area contributed by atoms with Crippen LogP contribution in [0.1, 0.15) is 19.2 Å². The maximum Gasteiger partial charge on any atom is 0.272 e. The highest BCUT2D eigenvalue weighted by atomic mass is 32.1. The van der Waals surface area contributed by atoms with Gasteiger partial charge in [-0.3, -0.25) is 10.1 Å². The average Bonchev–Trinajstić information content (AvgIpc) is 2.92. The van der Waals surface area contributed by atoms with E-state index in [1.54, 1.807) is 0 Å². The number of rotatable bonds is 4. The largest absolute Gasteiger partial charge is 0.367 e. The van der Waals surface area contributed by atoms with Crippen molar-refractivity contribution in [2.45, 2.75) is 19.8 Å². The number of hydrogen-bond acceptors (Lipinski definition) is 7. The van der Waals surface area contributed by atoms with Gasteiger partial charge in [0, 0.05) is 50.2 Å². The standard InChI is InChI=1S/C15H18FN5O2S/c1-2-14-17-15(24-18-14)20-7-3-6-19(8-9-20)13-5-4-11(21(22)23)10-12(13)16/h4-5,10H,2-3,6-9H2,1H3. The van der Waals surface area contributed by atoms with Gasteiger partial charge in [0.1, 0.15) is 5.82 Å². The fourth-order valence-electron chi connectivity index (χ4n) is 2.73. The fourth-order valence-corrected chi connectivity index (χ4v) is 3.53. The van der Waals surface area contributed by atoms with Crippen LogP contribution in [-0.2, 0) is 6.42 Å². The van der Waals surface area contributed by atoms with Crippen LogP contribution in [0.4, 0.5) is 20.9 Å². The van der Waals surface area contributed by atoms with E-state index in [4.69, 9.17) is 0 Å². The fraction of sp³-hybridized carbons (Fsp3) is 0.467. The van der Waals surface area contributed by atoms with Gasteiger partial charge in [-0.05, 0) is 12.5 Å². The van der Waals surface area contributed by atoms with Gasteiger partial charge in [0.15, 0.2) is 5.82 Å². The van der Waals surface area contributed by atoms with Crippen molar-refractivity contribution >= 4 is 28.0 Å². The van der Waals surface area contributed by atoms with Gasteiger partial charge in [-0.1, -0.05) is 6.92 Å². The third-order valence-corrected chi connectivity index (χ3v) is 4.84. The summed E-state index contributed by atoms with van der Waals surface area (Å²) >= 11 is 1.39.